The molecule has 2 atom stereocenters. The summed E-state index contributed by atoms with van der Waals surface area (Å²) in [5.74, 6) is 0.807. The molecule has 1 aliphatic rings. The predicted octanol–water partition coefficient (Wildman–Crippen LogP) is 4.74. The molecule has 3 aromatic rings. The molecule has 0 bridgehead atoms. The van der Waals surface area contributed by atoms with Crippen molar-refractivity contribution in [3.05, 3.63) is 101 Å². The van der Waals surface area contributed by atoms with Crippen molar-refractivity contribution >= 4 is 5.71 Å². The number of oxime groups is 1. The smallest absolute Gasteiger partial charge is 0.145 e. The Morgan fingerprint density at radius 3 is 2.42 bits per heavy atom. The van der Waals surface area contributed by atoms with Crippen LogP contribution in [0.3, 0.4) is 0 Å². The number of aliphatic hydroxyl groups excluding tert-OH is 1. The molecular weight excluding hydrogens is 412 g/mol. The van der Waals surface area contributed by atoms with E-state index in [0.717, 1.165) is 35.6 Å². The van der Waals surface area contributed by atoms with E-state index in [1.54, 1.807) is 0 Å². The summed E-state index contributed by atoms with van der Waals surface area (Å²) in [7, 11) is 0. The van der Waals surface area contributed by atoms with E-state index in [0.29, 0.717) is 13.1 Å². The highest BCUT2D eigenvalue weighted by molar-refractivity contribution is 6.02. The molecule has 3 aromatic carbocycles. The van der Waals surface area contributed by atoms with Crippen LogP contribution < -0.4 is 4.74 Å². The Morgan fingerprint density at radius 1 is 0.970 bits per heavy atom. The van der Waals surface area contributed by atoms with E-state index in [1.165, 1.54) is 11.1 Å². The van der Waals surface area contributed by atoms with Gasteiger partial charge in [-0.05, 0) is 36.6 Å². The van der Waals surface area contributed by atoms with Gasteiger partial charge in [0.25, 0.3) is 0 Å². The molecule has 4 rings (SSSR count). The molecule has 0 radical (unpaired) electrons. The fourth-order valence-corrected chi connectivity index (χ4v) is 4.17. The highest BCUT2D eigenvalue weighted by Crippen LogP contribution is 2.21. The van der Waals surface area contributed by atoms with E-state index in [-0.39, 0.29) is 12.7 Å². The molecule has 33 heavy (non-hydrogen) atoms. The summed E-state index contributed by atoms with van der Waals surface area (Å²) < 4.78 is 5.88. The molecule has 0 fully saturated rings. The summed E-state index contributed by atoms with van der Waals surface area (Å²) in [5.41, 5.74) is 5.58. The van der Waals surface area contributed by atoms with Crippen molar-refractivity contribution in [1.82, 2.24) is 4.90 Å². The monoisotopic (exact) mass is 444 g/mol. The van der Waals surface area contributed by atoms with Crippen LogP contribution in [0.1, 0.15) is 28.7 Å². The summed E-state index contributed by atoms with van der Waals surface area (Å²) >= 11 is 0. The molecule has 0 saturated carbocycles. The first-order chi connectivity index (χ1) is 16.1. The van der Waals surface area contributed by atoms with E-state index in [4.69, 9.17) is 9.57 Å². The average Bonchev–Trinajstić information content (AvgIpc) is 3.27. The van der Waals surface area contributed by atoms with Crippen LogP contribution in [0.25, 0.3) is 0 Å². The number of hydrogen-bond donors (Lipinski definition) is 1. The van der Waals surface area contributed by atoms with Gasteiger partial charge in [0.15, 0.2) is 0 Å². The van der Waals surface area contributed by atoms with E-state index in [1.807, 2.05) is 61.5 Å². The quantitative estimate of drug-likeness (QED) is 0.491. The number of para-hydroxylation sites is 1. The Balaban J connectivity index is 1.37. The number of ether oxygens (including phenoxy) is 1. The fraction of sp³-hybridized carbons (Fsp3) is 0.321. The third-order valence-corrected chi connectivity index (χ3v) is 5.89. The fourth-order valence-electron chi connectivity index (χ4n) is 4.17. The van der Waals surface area contributed by atoms with Gasteiger partial charge in [-0.2, -0.15) is 0 Å². The second-order valence-corrected chi connectivity index (χ2v) is 8.69. The largest absolute Gasteiger partial charge is 0.491 e. The third kappa shape index (κ3) is 6.44. The van der Waals surface area contributed by atoms with Crippen LogP contribution in [-0.2, 0) is 11.4 Å². The molecule has 0 amide bonds. The number of hydrogen-bond acceptors (Lipinski definition) is 5. The van der Waals surface area contributed by atoms with Gasteiger partial charge in [-0.25, -0.2) is 0 Å². The van der Waals surface area contributed by atoms with Gasteiger partial charge < -0.3 is 14.7 Å². The number of nitrogens with zero attached hydrogens (tertiary/aromatic N) is 2. The van der Waals surface area contributed by atoms with Gasteiger partial charge in [-0.1, -0.05) is 78.0 Å². The minimum atomic E-state index is -0.619. The molecule has 1 N–H and O–H groups in total. The van der Waals surface area contributed by atoms with Gasteiger partial charge in [0, 0.05) is 31.6 Å². The van der Waals surface area contributed by atoms with Crippen LogP contribution in [0.5, 0.6) is 5.75 Å². The van der Waals surface area contributed by atoms with Gasteiger partial charge in [0.1, 0.15) is 24.6 Å². The van der Waals surface area contributed by atoms with Crippen molar-refractivity contribution in [2.45, 2.75) is 39.0 Å². The summed E-state index contributed by atoms with van der Waals surface area (Å²) in [6.45, 7) is 6.23. The SMILES string of the molecule is Cc1ccccc1OCC(O)CN(Cc1ccccc1)CC1CC(c2ccccc2C)=NO1. The molecule has 1 heterocycles. The van der Waals surface area contributed by atoms with Crippen molar-refractivity contribution in [2.75, 3.05) is 19.7 Å². The Kier molecular flexibility index (Phi) is 7.76. The van der Waals surface area contributed by atoms with Crippen molar-refractivity contribution in [3.63, 3.8) is 0 Å². The number of aryl methyl sites for hydroxylation is 2. The van der Waals surface area contributed by atoms with E-state index in [2.05, 4.69) is 41.2 Å². The second-order valence-electron chi connectivity index (χ2n) is 8.69. The molecule has 2 unspecified atom stereocenters. The summed E-state index contributed by atoms with van der Waals surface area (Å²) in [6.07, 6.45) is 0.0886. The Morgan fingerprint density at radius 2 is 1.67 bits per heavy atom. The Bertz CT molecular complexity index is 1070. The molecule has 0 aliphatic carbocycles. The van der Waals surface area contributed by atoms with Crippen molar-refractivity contribution in [1.29, 1.82) is 0 Å². The highest BCUT2D eigenvalue weighted by atomic mass is 16.6. The van der Waals surface area contributed by atoms with Crippen LogP contribution in [0.15, 0.2) is 84.0 Å². The van der Waals surface area contributed by atoms with E-state index >= 15 is 0 Å². The lowest BCUT2D eigenvalue weighted by Crippen LogP contribution is -2.39. The first-order valence-electron chi connectivity index (χ1n) is 11.5. The highest BCUT2D eigenvalue weighted by Gasteiger charge is 2.26. The van der Waals surface area contributed by atoms with Crippen molar-refractivity contribution in [3.8, 4) is 5.75 Å². The maximum atomic E-state index is 10.8. The average molecular weight is 445 g/mol. The summed E-state index contributed by atoms with van der Waals surface area (Å²) in [4.78, 5) is 8.03. The lowest BCUT2D eigenvalue weighted by Gasteiger charge is -2.27. The minimum absolute atomic E-state index is 0.0483. The number of rotatable bonds is 10. The van der Waals surface area contributed by atoms with Crippen LogP contribution in [-0.4, -0.2) is 47.6 Å². The van der Waals surface area contributed by atoms with Crippen LogP contribution in [0.2, 0.25) is 0 Å². The normalized spacial score (nSPS) is 16.4. The minimum Gasteiger partial charge on any atom is -0.491 e. The molecule has 0 spiro atoms. The molecule has 5 heteroatoms. The zero-order valence-corrected chi connectivity index (χ0v) is 19.4. The lowest BCUT2D eigenvalue weighted by molar-refractivity contribution is 0.0212. The number of benzene rings is 3. The predicted molar refractivity (Wildman–Crippen MR) is 132 cm³/mol. The van der Waals surface area contributed by atoms with Gasteiger partial charge in [-0.3, -0.25) is 4.90 Å². The Hall–Kier alpha value is -3.15. The third-order valence-electron chi connectivity index (χ3n) is 5.89. The van der Waals surface area contributed by atoms with Crippen molar-refractivity contribution < 1.29 is 14.7 Å². The molecule has 172 valence electrons. The first-order valence-corrected chi connectivity index (χ1v) is 11.5. The zero-order valence-electron chi connectivity index (χ0n) is 19.4. The van der Waals surface area contributed by atoms with Crippen LogP contribution >= 0.6 is 0 Å². The van der Waals surface area contributed by atoms with Gasteiger partial charge >= 0.3 is 0 Å². The maximum Gasteiger partial charge on any atom is 0.145 e. The van der Waals surface area contributed by atoms with Gasteiger partial charge in [-0.15, -0.1) is 0 Å². The lowest BCUT2D eigenvalue weighted by atomic mass is 10.00. The van der Waals surface area contributed by atoms with Crippen LogP contribution in [0.4, 0.5) is 0 Å². The Labute approximate surface area is 196 Å². The van der Waals surface area contributed by atoms with E-state index < -0.39 is 6.10 Å². The topological polar surface area (TPSA) is 54.3 Å². The molecule has 1 aliphatic heterocycles. The first kappa shape index (κ1) is 23.0. The number of aliphatic hydroxyl groups is 1. The van der Waals surface area contributed by atoms with E-state index in [9.17, 15) is 5.11 Å². The summed E-state index contributed by atoms with van der Waals surface area (Å²) in [5, 5.41) is 15.1. The molecule has 0 aromatic heterocycles. The maximum absolute atomic E-state index is 10.8. The van der Waals surface area contributed by atoms with Crippen LogP contribution in [0, 0.1) is 13.8 Å². The van der Waals surface area contributed by atoms with Gasteiger partial charge in [0.05, 0.1) is 5.71 Å². The standard InChI is InChI=1S/C28H32N2O3/c1-21-10-6-8-14-26(21)27-16-25(33-29-27)19-30(17-23-12-4-3-5-13-23)18-24(31)20-32-28-15-9-7-11-22(28)2/h3-15,24-25,31H,16-20H2,1-2H3. The molecule has 0 saturated heterocycles. The van der Waals surface area contributed by atoms with Gasteiger partial charge in [0.2, 0.25) is 0 Å². The molecule has 5 nitrogen and oxygen atoms in total. The zero-order chi connectivity index (χ0) is 23.0. The second kappa shape index (κ2) is 11.1. The summed E-state index contributed by atoms with van der Waals surface area (Å²) in [6, 6.07) is 26.4. The van der Waals surface area contributed by atoms with Crippen molar-refractivity contribution in [2.24, 2.45) is 5.16 Å². The molecular formula is C28H32N2O3.